The number of halogens is 2. The number of nitrogens with zero attached hydrogens (tertiary/aromatic N) is 3. The number of aromatic hydroxyl groups is 1. The summed E-state index contributed by atoms with van der Waals surface area (Å²) in [4.78, 5) is 41.6. The van der Waals surface area contributed by atoms with Crippen molar-refractivity contribution in [3.05, 3.63) is 98.9 Å². The second-order valence-corrected chi connectivity index (χ2v) is 9.34. The molecule has 12 heteroatoms. The number of phenols is 1. The number of hydrogen-bond acceptors (Lipinski definition) is 8. The molecule has 3 aromatic rings. The van der Waals surface area contributed by atoms with Crippen molar-refractivity contribution in [3.8, 4) is 5.75 Å². The molecule has 1 aliphatic heterocycles. The molecule has 0 amide bonds. The smallest absolute Gasteiger partial charge is 0.338 e. The number of aromatic nitrogens is 1. The molecule has 2 heterocycles. The Labute approximate surface area is 209 Å². The Morgan fingerprint density at radius 3 is 2.69 bits per heavy atom. The van der Waals surface area contributed by atoms with Crippen molar-refractivity contribution in [2.24, 2.45) is 4.99 Å². The fraction of sp³-hybridized carbons (Fsp3) is 0.174. The van der Waals surface area contributed by atoms with Gasteiger partial charge in [0.2, 0.25) is 5.75 Å². The fourth-order valence-electron chi connectivity index (χ4n) is 3.73. The van der Waals surface area contributed by atoms with E-state index in [0.717, 1.165) is 17.4 Å². The van der Waals surface area contributed by atoms with E-state index < -0.39 is 39.7 Å². The molecule has 180 valence electrons. The summed E-state index contributed by atoms with van der Waals surface area (Å²) in [6.07, 6.45) is 1.44. The summed E-state index contributed by atoms with van der Waals surface area (Å²) in [6.45, 7) is 3.40. The molecule has 0 aliphatic carbocycles. The quantitative estimate of drug-likeness (QED) is 0.289. The highest BCUT2D eigenvalue weighted by atomic mass is 79.9. The van der Waals surface area contributed by atoms with Crippen LogP contribution in [0.1, 0.15) is 31.0 Å². The minimum Gasteiger partial charge on any atom is -0.501 e. The minimum absolute atomic E-state index is 0.0929. The SMILES string of the molecule is CCOC(=O)C1=C(C)N=c2sc(=Cc3cc(Br)c(O)c([N+](=O)[O-])c3)c(=O)n2C1c1ccc(F)cc1. The van der Waals surface area contributed by atoms with Gasteiger partial charge in [0.25, 0.3) is 5.56 Å². The molecule has 1 aromatic heterocycles. The van der Waals surface area contributed by atoms with Gasteiger partial charge in [-0.3, -0.25) is 19.5 Å². The number of nitro benzene ring substituents is 1. The highest BCUT2D eigenvalue weighted by Gasteiger charge is 2.33. The maximum Gasteiger partial charge on any atom is 0.338 e. The van der Waals surface area contributed by atoms with Crippen molar-refractivity contribution >= 4 is 45.0 Å². The van der Waals surface area contributed by atoms with Crippen LogP contribution in [0.4, 0.5) is 10.1 Å². The van der Waals surface area contributed by atoms with E-state index >= 15 is 0 Å². The number of rotatable bonds is 5. The molecule has 35 heavy (non-hydrogen) atoms. The number of hydrogen-bond donors (Lipinski definition) is 1. The molecule has 9 nitrogen and oxygen atoms in total. The maximum atomic E-state index is 13.6. The normalized spacial score (nSPS) is 15.5. The molecule has 0 radical (unpaired) electrons. The third-order valence-corrected chi connectivity index (χ3v) is 6.85. The fourth-order valence-corrected chi connectivity index (χ4v) is 5.24. The van der Waals surface area contributed by atoms with Gasteiger partial charge < -0.3 is 9.84 Å². The molecular weight excluding hydrogens is 545 g/mol. The van der Waals surface area contributed by atoms with Gasteiger partial charge in [0.1, 0.15) is 5.82 Å². The van der Waals surface area contributed by atoms with Crippen LogP contribution in [0.25, 0.3) is 6.08 Å². The van der Waals surface area contributed by atoms with E-state index in [1.807, 2.05) is 0 Å². The van der Waals surface area contributed by atoms with Crippen LogP contribution in [-0.2, 0) is 9.53 Å². The second kappa shape index (κ2) is 9.55. The lowest BCUT2D eigenvalue weighted by Crippen LogP contribution is -2.39. The maximum absolute atomic E-state index is 13.6. The molecule has 0 saturated heterocycles. The summed E-state index contributed by atoms with van der Waals surface area (Å²) in [7, 11) is 0. The van der Waals surface area contributed by atoms with E-state index in [1.165, 1.54) is 41.0 Å². The number of nitro groups is 1. The summed E-state index contributed by atoms with van der Waals surface area (Å²) in [6, 6.07) is 7.10. The Morgan fingerprint density at radius 2 is 2.06 bits per heavy atom. The summed E-state index contributed by atoms with van der Waals surface area (Å²) in [5.41, 5.74) is 0.270. The molecule has 2 aromatic carbocycles. The third-order valence-electron chi connectivity index (χ3n) is 5.26. The average molecular weight is 562 g/mol. The predicted molar refractivity (Wildman–Crippen MR) is 129 cm³/mol. The van der Waals surface area contributed by atoms with Gasteiger partial charge in [-0.15, -0.1) is 0 Å². The monoisotopic (exact) mass is 561 g/mol. The first kappa shape index (κ1) is 24.5. The van der Waals surface area contributed by atoms with E-state index in [-0.39, 0.29) is 21.2 Å². The summed E-state index contributed by atoms with van der Waals surface area (Å²) in [5, 5.41) is 21.2. The van der Waals surface area contributed by atoms with Gasteiger partial charge in [-0.2, -0.15) is 0 Å². The van der Waals surface area contributed by atoms with Crippen molar-refractivity contribution < 1.29 is 24.0 Å². The number of carbonyl (C=O) groups excluding carboxylic acids is 1. The second-order valence-electron chi connectivity index (χ2n) is 7.48. The van der Waals surface area contributed by atoms with Crippen LogP contribution in [0.2, 0.25) is 0 Å². The van der Waals surface area contributed by atoms with E-state index in [0.29, 0.717) is 21.6 Å². The molecule has 0 bridgehead atoms. The van der Waals surface area contributed by atoms with E-state index in [2.05, 4.69) is 20.9 Å². The Bertz CT molecular complexity index is 1580. The van der Waals surface area contributed by atoms with Crippen molar-refractivity contribution in [3.63, 3.8) is 0 Å². The number of benzene rings is 2. The summed E-state index contributed by atoms with van der Waals surface area (Å²) in [5.74, 6) is -1.64. The largest absolute Gasteiger partial charge is 0.501 e. The number of esters is 1. The lowest BCUT2D eigenvalue weighted by Gasteiger charge is -2.24. The molecule has 0 spiro atoms. The lowest BCUT2D eigenvalue weighted by molar-refractivity contribution is -0.386. The Balaban J connectivity index is 1.96. The number of phenolic OH excluding ortho intramolecular Hbond substituents is 1. The number of carbonyl (C=O) groups is 1. The number of ether oxygens (including phenoxy) is 1. The molecule has 4 rings (SSSR count). The van der Waals surface area contributed by atoms with Crippen molar-refractivity contribution in [2.75, 3.05) is 6.61 Å². The third kappa shape index (κ3) is 4.54. The molecule has 1 aliphatic rings. The topological polar surface area (TPSA) is 124 Å². The lowest BCUT2D eigenvalue weighted by atomic mass is 9.96. The predicted octanol–water partition coefficient (Wildman–Crippen LogP) is 3.31. The Kier molecular flexibility index (Phi) is 6.68. The number of thiazole rings is 1. The Hall–Kier alpha value is -3.64. The Morgan fingerprint density at radius 1 is 1.37 bits per heavy atom. The highest BCUT2D eigenvalue weighted by Crippen LogP contribution is 2.35. The average Bonchev–Trinajstić information content (AvgIpc) is 3.10. The van der Waals surface area contributed by atoms with Crippen LogP contribution in [0.5, 0.6) is 5.75 Å². The van der Waals surface area contributed by atoms with Crippen LogP contribution in [0, 0.1) is 15.9 Å². The van der Waals surface area contributed by atoms with Gasteiger partial charge in [-0.05, 0) is 65.2 Å². The van der Waals surface area contributed by atoms with Crippen molar-refractivity contribution in [1.29, 1.82) is 0 Å². The molecule has 0 saturated carbocycles. The molecule has 1 unspecified atom stereocenters. The summed E-state index contributed by atoms with van der Waals surface area (Å²) >= 11 is 4.12. The first-order chi connectivity index (χ1) is 16.6. The minimum atomic E-state index is -0.908. The van der Waals surface area contributed by atoms with Gasteiger partial charge in [-0.1, -0.05) is 23.5 Å². The highest BCUT2D eigenvalue weighted by molar-refractivity contribution is 9.10. The van der Waals surface area contributed by atoms with Gasteiger partial charge in [0.05, 0.1) is 37.8 Å². The standard InChI is InChI=1S/C23H17BrFN3O6S/c1-3-34-22(31)18-11(2)26-23-27(19(18)13-4-6-14(25)7-5-13)21(30)17(35-23)10-12-8-15(24)20(29)16(9-12)28(32)33/h4-10,19,29H,3H2,1-2H3. The van der Waals surface area contributed by atoms with Crippen LogP contribution in [0.15, 0.2) is 61.9 Å². The first-order valence-electron chi connectivity index (χ1n) is 10.2. The molecular formula is C23H17BrFN3O6S. The van der Waals surface area contributed by atoms with Crippen LogP contribution < -0.4 is 14.9 Å². The molecule has 1 N–H and O–H groups in total. The molecule has 1 atom stereocenters. The van der Waals surface area contributed by atoms with Crippen LogP contribution in [0.3, 0.4) is 0 Å². The molecule has 0 fully saturated rings. The van der Waals surface area contributed by atoms with Gasteiger partial charge in [0, 0.05) is 6.07 Å². The van der Waals surface area contributed by atoms with Gasteiger partial charge >= 0.3 is 11.7 Å². The summed E-state index contributed by atoms with van der Waals surface area (Å²) < 4.78 is 20.4. The first-order valence-corrected chi connectivity index (χ1v) is 11.8. The number of fused-ring (bicyclic) bond motifs is 1. The van der Waals surface area contributed by atoms with E-state index in [9.17, 15) is 29.2 Å². The van der Waals surface area contributed by atoms with Crippen LogP contribution in [-0.4, -0.2) is 27.2 Å². The zero-order valence-electron chi connectivity index (χ0n) is 18.3. The van der Waals surface area contributed by atoms with E-state index in [1.54, 1.807) is 13.8 Å². The van der Waals surface area contributed by atoms with Crippen molar-refractivity contribution in [1.82, 2.24) is 4.57 Å². The van der Waals surface area contributed by atoms with Crippen LogP contribution >= 0.6 is 27.3 Å². The zero-order valence-corrected chi connectivity index (χ0v) is 20.7. The van der Waals surface area contributed by atoms with Crippen molar-refractivity contribution in [2.45, 2.75) is 19.9 Å². The van der Waals surface area contributed by atoms with E-state index in [4.69, 9.17) is 4.74 Å². The zero-order chi connectivity index (χ0) is 25.4. The van der Waals surface area contributed by atoms with Gasteiger partial charge in [0.15, 0.2) is 4.80 Å². The number of allylic oxidation sites excluding steroid dienone is 1. The van der Waals surface area contributed by atoms with Gasteiger partial charge in [-0.25, -0.2) is 14.2 Å².